The largest absolute Gasteiger partial charge is 0.388 e. The minimum Gasteiger partial charge on any atom is -0.388 e. The summed E-state index contributed by atoms with van der Waals surface area (Å²) < 4.78 is 0. The molecule has 0 aromatic heterocycles. The van der Waals surface area contributed by atoms with Crippen molar-refractivity contribution in [1.29, 1.82) is 0 Å². The topological polar surface area (TPSA) is 35.5 Å². The Labute approximate surface area is 106 Å². The van der Waals surface area contributed by atoms with Gasteiger partial charge in [-0.2, -0.15) is 0 Å². The zero-order chi connectivity index (χ0) is 12.1. The summed E-state index contributed by atoms with van der Waals surface area (Å²) in [6.07, 6.45) is 8.44. The molecular formula is C14H28N2O. The molecule has 0 saturated carbocycles. The summed E-state index contributed by atoms with van der Waals surface area (Å²) in [5.41, 5.74) is -0.428. The van der Waals surface area contributed by atoms with E-state index in [9.17, 15) is 5.11 Å². The molecule has 0 spiro atoms. The van der Waals surface area contributed by atoms with Crippen LogP contribution in [0.4, 0.5) is 0 Å². The first-order valence-corrected chi connectivity index (χ1v) is 7.41. The summed E-state index contributed by atoms with van der Waals surface area (Å²) in [5.74, 6) is 0. The van der Waals surface area contributed by atoms with E-state index in [4.69, 9.17) is 0 Å². The van der Waals surface area contributed by atoms with E-state index in [1.807, 2.05) is 0 Å². The van der Waals surface area contributed by atoms with Gasteiger partial charge in [-0.25, -0.2) is 0 Å². The zero-order valence-corrected chi connectivity index (χ0v) is 11.2. The number of likely N-dealkylation sites (tertiary alicyclic amines) is 1. The van der Waals surface area contributed by atoms with Crippen molar-refractivity contribution in [2.45, 2.75) is 63.5 Å². The molecule has 2 fully saturated rings. The molecule has 0 radical (unpaired) electrons. The zero-order valence-electron chi connectivity index (χ0n) is 11.2. The molecule has 17 heavy (non-hydrogen) atoms. The Hall–Kier alpha value is -0.120. The molecule has 3 nitrogen and oxygen atoms in total. The number of β-amino-alcohol motifs (C(OH)–C–C–N with tert-alkyl or cyclic N) is 1. The third-order valence-corrected chi connectivity index (χ3v) is 4.50. The minimum atomic E-state index is -0.428. The first-order valence-electron chi connectivity index (χ1n) is 7.41. The van der Waals surface area contributed by atoms with Crippen molar-refractivity contribution in [3.8, 4) is 0 Å². The van der Waals surface area contributed by atoms with Crippen LogP contribution in [0.25, 0.3) is 0 Å². The molecule has 2 rings (SSSR count). The second kappa shape index (κ2) is 6.17. The number of nitrogens with one attached hydrogen (secondary N) is 1. The molecule has 0 amide bonds. The van der Waals surface area contributed by atoms with Crippen LogP contribution in [0.3, 0.4) is 0 Å². The maximum Gasteiger partial charge on any atom is 0.0798 e. The number of piperidine rings is 1. The maximum atomic E-state index is 10.6. The second-order valence-electron chi connectivity index (χ2n) is 5.86. The van der Waals surface area contributed by atoms with Crippen LogP contribution in [0.2, 0.25) is 0 Å². The van der Waals surface area contributed by atoms with E-state index in [0.717, 1.165) is 32.5 Å². The Morgan fingerprint density at radius 1 is 1.24 bits per heavy atom. The van der Waals surface area contributed by atoms with Gasteiger partial charge in [-0.1, -0.05) is 19.8 Å². The van der Waals surface area contributed by atoms with Crippen molar-refractivity contribution >= 4 is 0 Å². The fraction of sp³-hybridized carbons (Fsp3) is 1.00. The molecule has 100 valence electrons. The van der Waals surface area contributed by atoms with Crippen LogP contribution >= 0.6 is 0 Å². The summed E-state index contributed by atoms with van der Waals surface area (Å²) in [4.78, 5) is 2.57. The van der Waals surface area contributed by atoms with Crippen LogP contribution in [0, 0.1) is 0 Å². The van der Waals surface area contributed by atoms with Crippen LogP contribution in [0.5, 0.6) is 0 Å². The lowest BCUT2D eigenvalue weighted by molar-refractivity contribution is -0.0307. The molecule has 2 aliphatic heterocycles. The molecular weight excluding hydrogens is 212 g/mol. The minimum absolute atomic E-state index is 0.428. The highest BCUT2D eigenvalue weighted by molar-refractivity contribution is 4.89. The summed E-state index contributed by atoms with van der Waals surface area (Å²) in [7, 11) is 0. The van der Waals surface area contributed by atoms with Gasteiger partial charge < -0.3 is 10.4 Å². The smallest absolute Gasteiger partial charge is 0.0798 e. The highest BCUT2D eigenvalue weighted by Gasteiger charge is 2.33. The van der Waals surface area contributed by atoms with Gasteiger partial charge >= 0.3 is 0 Å². The van der Waals surface area contributed by atoms with Crippen LogP contribution in [-0.2, 0) is 0 Å². The van der Waals surface area contributed by atoms with Crippen LogP contribution in [0.15, 0.2) is 0 Å². The molecule has 0 aromatic rings. The number of aliphatic hydroxyl groups is 1. The normalized spacial score (nSPS) is 31.1. The van der Waals surface area contributed by atoms with Gasteiger partial charge in [0.1, 0.15) is 0 Å². The number of nitrogens with zero attached hydrogens (tertiary/aromatic N) is 1. The molecule has 1 atom stereocenters. The fourth-order valence-corrected chi connectivity index (χ4v) is 3.34. The highest BCUT2D eigenvalue weighted by Crippen LogP contribution is 2.25. The third-order valence-electron chi connectivity index (χ3n) is 4.50. The average molecular weight is 240 g/mol. The number of hydrogen-bond acceptors (Lipinski definition) is 3. The molecule has 2 aliphatic rings. The molecule has 3 heteroatoms. The van der Waals surface area contributed by atoms with E-state index in [1.165, 1.54) is 38.6 Å². The van der Waals surface area contributed by atoms with E-state index in [-0.39, 0.29) is 0 Å². The van der Waals surface area contributed by atoms with Gasteiger partial charge in [-0.3, -0.25) is 4.90 Å². The van der Waals surface area contributed by atoms with E-state index in [0.29, 0.717) is 6.04 Å². The van der Waals surface area contributed by atoms with Gasteiger partial charge in [0.15, 0.2) is 0 Å². The van der Waals surface area contributed by atoms with Crippen molar-refractivity contribution < 1.29 is 5.11 Å². The lowest BCUT2D eigenvalue weighted by atomic mass is 9.91. The van der Waals surface area contributed by atoms with E-state index >= 15 is 0 Å². The highest BCUT2D eigenvalue weighted by atomic mass is 16.3. The monoisotopic (exact) mass is 240 g/mol. The molecule has 2 N–H and O–H groups in total. The van der Waals surface area contributed by atoms with Crippen molar-refractivity contribution in [1.82, 2.24) is 10.2 Å². The summed E-state index contributed by atoms with van der Waals surface area (Å²) in [5, 5.41) is 14.0. The van der Waals surface area contributed by atoms with E-state index < -0.39 is 5.60 Å². The molecule has 0 bridgehead atoms. The molecule has 0 aliphatic carbocycles. The molecule has 2 saturated heterocycles. The van der Waals surface area contributed by atoms with Gasteiger partial charge in [0.25, 0.3) is 0 Å². The van der Waals surface area contributed by atoms with Gasteiger partial charge in [-0.15, -0.1) is 0 Å². The Morgan fingerprint density at radius 3 is 2.71 bits per heavy atom. The average Bonchev–Trinajstić information content (AvgIpc) is 2.54. The quantitative estimate of drug-likeness (QED) is 0.789. The van der Waals surface area contributed by atoms with E-state index in [1.54, 1.807) is 0 Å². The predicted octanol–water partition coefficient (Wildman–Crippen LogP) is 1.76. The second-order valence-corrected chi connectivity index (χ2v) is 5.86. The SMILES string of the molecule is CCC1CCCCCN1CC1(O)CCNCC1. The standard InChI is InChI=1S/C14H28N2O/c1-2-13-6-4-3-5-11-16(13)12-14(17)7-9-15-10-8-14/h13,15,17H,2-12H2,1H3. The van der Waals surface area contributed by atoms with Crippen molar-refractivity contribution in [2.75, 3.05) is 26.2 Å². The number of hydrogen-bond donors (Lipinski definition) is 2. The van der Waals surface area contributed by atoms with Gasteiger partial charge in [0, 0.05) is 12.6 Å². The molecule has 2 heterocycles. The summed E-state index contributed by atoms with van der Waals surface area (Å²) in [6, 6.07) is 0.705. The van der Waals surface area contributed by atoms with Gasteiger partial charge in [0.05, 0.1) is 5.60 Å². The first-order chi connectivity index (χ1) is 8.23. The third kappa shape index (κ3) is 3.67. The Balaban J connectivity index is 1.93. The van der Waals surface area contributed by atoms with Crippen molar-refractivity contribution in [3.05, 3.63) is 0 Å². The number of rotatable bonds is 3. The van der Waals surface area contributed by atoms with Gasteiger partial charge in [0.2, 0.25) is 0 Å². The lowest BCUT2D eigenvalue weighted by Crippen LogP contribution is -2.52. The molecule has 0 aromatic carbocycles. The summed E-state index contributed by atoms with van der Waals surface area (Å²) in [6.45, 7) is 6.32. The Bertz CT molecular complexity index is 226. The Kier molecular flexibility index (Phi) is 4.83. The summed E-state index contributed by atoms with van der Waals surface area (Å²) >= 11 is 0. The Morgan fingerprint density at radius 2 is 2.00 bits per heavy atom. The van der Waals surface area contributed by atoms with Gasteiger partial charge in [-0.05, 0) is 51.7 Å². The van der Waals surface area contributed by atoms with Crippen LogP contribution in [0.1, 0.15) is 51.9 Å². The van der Waals surface area contributed by atoms with Crippen molar-refractivity contribution in [3.63, 3.8) is 0 Å². The van der Waals surface area contributed by atoms with Crippen LogP contribution < -0.4 is 5.32 Å². The van der Waals surface area contributed by atoms with Crippen molar-refractivity contribution in [2.24, 2.45) is 0 Å². The molecule has 1 unspecified atom stereocenters. The van der Waals surface area contributed by atoms with Crippen LogP contribution in [-0.4, -0.2) is 47.8 Å². The fourth-order valence-electron chi connectivity index (χ4n) is 3.34. The van der Waals surface area contributed by atoms with E-state index in [2.05, 4.69) is 17.1 Å². The predicted molar refractivity (Wildman–Crippen MR) is 71.2 cm³/mol. The first kappa shape index (κ1) is 13.3. The lowest BCUT2D eigenvalue weighted by Gasteiger charge is -2.40. The maximum absolute atomic E-state index is 10.6.